The number of hydrogen-bond acceptors (Lipinski definition) is 3. The first kappa shape index (κ1) is 12.5. The van der Waals surface area contributed by atoms with Gasteiger partial charge in [0.15, 0.2) is 0 Å². The molecule has 2 N–H and O–H groups in total. The Bertz CT molecular complexity index is 402. The Morgan fingerprint density at radius 1 is 1.29 bits per heavy atom. The number of nitrogen functional groups attached to an aromatic ring is 1. The first-order chi connectivity index (χ1) is 8.15. The van der Waals surface area contributed by atoms with Crippen molar-refractivity contribution in [3.63, 3.8) is 0 Å². The summed E-state index contributed by atoms with van der Waals surface area (Å²) in [6.45, 7) is 4.62. The van der Waals surface area contributed by atoms with Crippen LogP contribution in [0.2, 0.25) is 0 Å². The van der Waals surface area contributed by atoms with Gasteiger partial charge in [0.05, 0.1) is 11.0 Å². The SMILES string of the molecule is CS(=O)N1CCN(Cc2cccc(N)c2)CC1. The van der Waals surface area contributed by atoms with Gasteiger partial charge in [-0.25, -0.2) is 8.51 Å². The quantitative estimate of drug-likeness (QED) is 0.806. The smallest absolute Gasteiger partial charge is 0.0911 e. The van der Waals surface area contributed by atoms with Crippen molar-refractivity contribution in [2.45, 2.75) is 6.54 Å². The summed E-state index contributed by atoms with van der Waals surface area (Å²) in [6.07, 6.45) is 1.74. The minimum Gasteiger partial charge on any atom is -0.399 e. The van der Waals surface area contributed by atoms with E-state index in [0.29, 0.717) is 0 Å². The Morgan fingerprint density at radius 3 is 2.59 bits per heavy atom. The van der Waals surface area contributed by atoms with E-state index in [-0.39, 0.29) is 0 Å². The van der Waals surface area contributed by atoms with Crippen molar-refractivity contribution < 1.29 is 4.21 Å². The summed E-state index contributed by atoms with van der Waals surface area (Å²) in [5.74, 6) is 0. The molecule has 1 saturated heterocycles. The minimum atomic E-state index is -0.830. The van der Waals surface area contributed by atoms with Gasteiger partial charge in [-0.15, -0.1) is 0 Å². The highest BCUT2D eigenvalue weighted by molar-refractivity contribution is 7.81. The highest BCUT2D eigenvalue weighted by Gasteiger charge is 2.18. The van der Waals surface area contributed by atoms with E-state index < -0.39 is 11.0 Å². The fourth-order valence-corrected chi connectivity index (χ4v) is 2.77. The summed E-state index contributed by atoms with van der Waals surface area (Å²) in [7, 11) is -0.830. The van der Waals surface area contributed by atoms with Crippen LogP contribution in [0.4, 0.5) is 5.69 Å². The van der Waals surface area contributed by atoms with Crippen LogP contribution >= 0.6 is 0 Å². The van der Waals surface area contributed by atoms with Crippen LogP contribution < -0.4 is 5.73 Å². The van der Waals surface area contributed by atoms with Crippen molar-refractivity contribution in [3.05, 3.63) is 29.8 Å². The maximum absolute atomic E-state index is 11.3. The fraction of sp³-hybridized carbons (Fsp3) is 0.500. The second kappa shape index (κ2) is 5.62. The molecule has 2 rings (SSSR count). The Morgan fingerprint density at radius 2 is 2.00 bits per heavy atom. The largest absolute Gasteiger partial charge is 0.399 e. The van der Waals surface area contributed by atoms with Crippen LogP contribution in [0.25, 0.3) is 0 Å². The number of hydrogen-bond donors (Lipinski definition) is 1. The van der Waals surface area contributed by atoms with E-state index in [0.717, 1.165) is 38.4 Å². The van der Waals surface area contributed by atoms with E-state index in [2.05, 4.69) is 11.0 Å². The third-order valence-corrected chi connectivity index (χ3v) is 4.14. The van der Waals surface area contributed by atoms with Crippen molar-refractivity contribution >= 4 is 16.7 Å². The predicted octanol–water partition coefficient (Wildman–Crippen LogP) is 0.680. The number of nitrogens with two attached hydrogens (primary N) is 1. The lowest BCUT2D eigenvalue weighted by atomic mass is 10.2. The van der Waals surface area contributed by atoms with Gasteiger partial charge >= 0.3 is 0 Å². The molecule has 1 aliphatic heterocycles. The molecule has 1 atom stereocenters. The summed E-state index contributed by atoms with van der Waals surface area (Å²) in [5.41, 5.74) is 7.82. The Labute approximate surface area is 105 Å². The lowest BCUT2D eigenvalue weighted by Crippen LogP contribution is -2.46. The highest BCUT2D eigenvalue weighted by atomic mass is 32.2. The zero-order valence-corrected chi connectivity index (χ0v) is 10.9. The van der Waals surface area contributed by atoms with Gasteiger partial charge in [0.2, 0.25) is 0 Å². The van der Waals surface area contributed by atoms with Gasteiger partial charge in [-0.2, -0.15) is 0 Å². The number of rotatable bonds is 3. The van der Waals surface area contributed by atoms with Gasteiger partial charge in [-0.05, 0) is 17.7 Å². The van der Waals surface area contributed by atoms with Crippen molar-refractivity contribution in [3.8, 4) is 0 Å². The molecule has 5 heteroatoms. The second-order valence-electron chi connectivity index (χ2n) is 4.37. The van der Waals surface area contributed by atoms with Crippen LogP contribution in [0.3, 0.4) is 0 Å². The molecule has 1 aromatic rings. The van der Waals surface area contributed by atoms with E-state index in [9.17, 15) is 4.21 Å². The zero-order valence-electron chi connectivity index (χ0n) is 10.1. The van der Waals surface area contributed by atoms with E-state index in [4.69, 9.17) is 5.73 Å². The predicted molar refractivity (Wildman–Crippen MR) is 71.8 cm³/mol. The van der Waals surface area contributed by atoms with Gasteiger partial charge in [0.1, 0.15) is 0 Å². The molecular formula is C12H19N3OS. The second-order valence-corrected chi connectivity index (χ2v) is 5.74. The molecule has 0 saturated carbocycles. The van der Waals surface area contributed by atoms with Crippen molar-refractivity contribution in [1.82, 2.24) is 9.21 Å². The zero-order chi connectivity index (χ0) is 12.3. The third-order valence-electron chi connectivity index (χ3n) is 3.05. The lowest BCUT2D eigenvalue weighted by Gasteiger charge is -2.33. The number of benzene rings is 1. The van der Waals surface area contributed by atoms with Gasteiger partial charge in [-0.3, -0.25) is 4.90 Å². The van der Waals surface area contributed by atoms with E-state index in [1.54, 1.807) is 6.26 Å². The number of piperazine rings is 1. The summed E-state index contributed by atoms with van der Waals surface area (Å²) in [4.78, 5) is 2.37. The minimum absolute atomic E-state index is 0.816. The van der Waals surface area contributed by atoms with E-state index in [1.807, 2.05) is 22.5 Å². The summed E-state index contributed by atoms with van der Waals surface area (Å²) >= 11 is 0. The van der Waals surface area contributed by atoms with E-state index in [1.165, 1.54) is 5.56 Å². The fourth-order valence-electron chi connectivity index (χ4n) is 2.09. The monoisotopic (exact) mass is 253 g/mol. The molecule has 1 heterocycles. The topological polar surface area (TPSA) is 49.6 Å². The van der Waals surface area contributed by atoms with Crippen LogP contribution in [-0.4, -0.2) is 45.8 Å². The molecule has 94 valence electrons. The van der Waals surface area contributed by atoms with Crippen LogP contribution in [0.15, 0.2) is 24.3 Å². The van der Waals surface area contributed by atoms with Crippen molar-refractivity contribution in [2.24, 2.45) is 0 Å². The van der Waals surface area contributed by atoms with Gasteiger partial charge in [0, 0.05) is 44.7 Å². The average Bonchev–Trinajstić information content (AvgIpc) is 2.29. The molecule has 1 aliphatic rings. The van der Waals surface area contributed by atoms with Gasteiger partial charge in [0.25, 0.3) is 0 Å². The van der Waals surface area contributed by atoms with Crippen LogP contribution in [0, 0.1) is 0 Å². The summed E-state index contributed by atoms with van der Waals surface area (Å²) in [6, 6.07) is 8.01. The average molecular weight is 253 g/mol. The molecule has 17 heavy (non-hydrogen) atoms. The Hall–Kier alpha value is -0.910. The Kier molecular flexibility index (Phi) is 4.15. The molecule has 0 radical (unpaired) electrons. The molecule has 1 unspecified atom stereocenters. The number of nitrogens with zero attached hydrogens (tertiary/aromatic N) is 2. The standard InChI is InChI=1S/C12H19N3OS/c1-17(16)15-7-5-14(6-8-15)10-11-3-2-4-12(13)9-11/h2-4,9H,5-8,10,13H2,1H3. The van der Waals surface area contributed by atoms with Gasteiger partial charge in [-0.1, -0.05) is 12.1 Å². The van der Waals surface area contributed by atoms with Crippen molar-refractivity contribution in [1.29, 1.82) is 0 Å². The lowest BCUT2D eigenvalue weighted by molar-refractivity contribution is 0.186. The first-order valence-electron chi connectivity index (χ1n) is 5.80. The molecule has 4 nitrogen and oxygen atoms in total. The molecule has 1 aromatic carbocycles. The van der Waals surface area contributed by atoms with Crippen LogP contribution in [0.5, 0.6) is 0 Å². The Balaban J connectivity index is 1.88. The van der Waals surface area contributed by atoms with E-state index >= 15 is 0 Å². The summed E-state index contributed by atoms with van der Waals surface area (Å²) < 4.78 is 13.3. The highest BCUT2D eigenvalue weighted by Crippen LogP contribution is 2.11. The molecule has 0 amide bonds. The molecule has 0 aliphatic carbocycles. The molecule has 0 spiro atoms. The maximum Gasteiger partial charge on any atom is 0.0911 e. The number of anilines is 1. The normalized spacial score (nSPS) is 20.3. The van der Waals surface area contributed by atoms with Crippen LogP contribution in [0.1, 0.15) is 5.56 Å². The molecule has 1 fully saturated rings. The van der Waals surface area contributed by atoms with Gasteiger partial charge < -0.3 is 5.73 Å². The molecule has 0 aromatic heterocycles. The van der Waals surface area contributed by atoms with Crippen LogP contribution in [-0.2, 0) is 17.5 Å². The third kappa shape index (κ3) is 3.52. The maximum atomic E-state index is 11.3. The molecular weight excluding hydrogens is 234 g/mol. The first-order valence-corrected chi connectivity index (χ1v) is 7.32. The molecule has 0 bridgehead atoms. The summed E-state index contributed by atoms with van der Waals surface area (Å²) in [5, 5.41) is 0. The van der Waals surface area contributed by atoms with Crippen molar-refractivity contribution in [2.75, 3.05) is 38.2 Å².